The van der Waals surface area contributed by atoms with Crippen LogP contribution in [0.3, 0.4) is 0 Å². The van der Waals surface area contributed by atoms with Crippen molar-refractivity contribution >= 4 is 17.7 Å². The van der Waals surface area contributed by atoms with Crippen LogP contribution < -0.4 is 14.8 Å². The number of benzene rings is 2. The van der Waals surface area contributed by atoms with E-state index in [2.05, 4.69) is 5.32 Å². The molecule has 1 N–H and O–H groups in total. The summed E-state index contributed by atoms with van der Waals surface area (Å²) in [5, 5.41) is 2.68. The zero-order chi connectivity index (χ0) is 19.6. The monoisotopic (exact) mass is 368 g/mol. The first-order valence-corrected chi connectivity index (χ1v) is 8.35. The van der Waals surface area contributed by atoms with Crippen LogP contribution in [0.4, 0.5) is 4.79 Å². The fraction of sp³-hybridized carbons (Fsp3) is 0.250. The highest BCUT2D eigenvalue weighted by atomic mass is 16.5. The molecule has 2 aromatic carbocycles. The zero-order valence-corrected chi connectivity index (χ0v) is 15.3. The van der Waals surface area contributed by atoms with E-state index in [9.17, 15) is 14.4 Å². The summed E-state index contributed by atoms with van der Waals surface area (Å²) in [5.41, 5.74) is -0.220. The van der Waals surface area contributed by atoms with Gasteiger partial charge in [0, 0.05) is 5.56 Å². The molecule has 0 saturated carbocycles. The first-order valence-electron chi connectivity index (χ1n) is 8.35. The average molecular weight is 368 g/mol. The number of nitrogens with one attached hydrogen (secondary N) is 1. The van der Waals surface area contributed by atoms with Gasteiger partial charge in [-0.15, -0.1) is 0 Å². The second-order valence-corrected chi connectivity index (χ2v) is 6.31. The van der Waals surface area contributed by atoms with Crippen molar-refractivity contribution in [2.45, 2.75) is 12.5 Å². The number of carbonyl (C=O) groups excluding carboxylic acids is 3. The smallest absolute Gasteiger partial charge is 0.325 e. The minimum atomic E-state index is -1.20. The molecule has 1 aliphatic heterocycles. The van der Waals surface area contributed by atoms with Crippen molar-refractivity contribution in [3.8, 4) is 11.5 Å². The molecule has 0 aliphatic carbocycles. The normalized spacial score (nSPS) is 19.0. The summed E-state index contributed by atoms with van der Waals surface area (Å²) in [4.78, 5) is 38.8. The van der Waals surface area contributed by atoms with Gasteiger partial charge in [0.25, 0.3) is 5.91 Å². The Morgan fingerprint density at radius 3 is 2.33 bits per heavy atom. The van der Waals surface area contributed by atoms with E-state index in [1.165, 1.54) is 20.3 Å². The Labute approximate surface area is 156 Å². The molecule has 140 valence electrons. The number of amides is 3. The third kappa shape index (κ3) is 3.23. The van der Waals surface area contributed by atoms with Crippen molar-refractivity contribution in [3.05, 3.63) is 59.7 Å². The van der Waals surface area contributed by atoms with Gasteiger partial charge in [-0.3, -0.25) is 14.5 Å². The highest BCUT2D eigenvalue weighted by molar-refractivity contribution is 6.11. The maximum absolute atomic E-state index is 12.9. The third-order valence-electron chi connectivity index (χ3n) is 4.63. The minimum Gasteiger partial charge on any atom is -0.493 e. The second kappa shape index (κ2) is 7.11. The van der Waals surface area contributed by atoms with Crippen LogP contribution >= 0.6 is 0 Å². The lowest BCUT2D eigenvalue weighted by atomic mass is 9.92. The standard InChI is InChI=1S/C20H20N2O5/c1-20(14-7-5-4-6-8-14)18(24)22(19(25)21-20)12-15(23)13-9-10-16(26-2)17(11-13)27-3/h4-11H,12H2,1-3H3,(H,21,25)/t20-/m1/s1. The predicted molar refractivity (Wildman–Crippen MR) is 97.9 cm³/mol. The van der Waals surface area contributed by atoms with E-state index in [4.69, 9.17) is 9.47 Å². The first kappa shape index (κ1) is 18.4. The van der Waals surface area contributed by atoms with Gasteiger partial charge in [0.05, 0.1) is 20.8 Å². The molecule has 1 fully saturated rings. The first-order chi connectivity index (χ1) is 12.9. The molecule has 7 nitrogen and oxygen atoms in total. The Morgan fingerprint density at radius 2 is 1.70 bits per heavy atom. The van der Waals surface area contributed by atoms with Gasteiger partial charge in [-0.1, -0.05) is 30.3 Å². The molecule has 0 spiro atoms. The number of rotatable bonds is 6. The van der Waals surface area contributed by atoms with Crippen LogP contribution in [0.5, 0.6) is 11.5 Å². The van der Waals surface area contributed by atoms with E-state index in [-0.39, 0.29) is 12.3 Å². The minimum absolute atomic E-state index is 0.321. The molecule has 1 saturated heterocycles. The van der Waals surface area contributed by atoms with Crippen LogP contribution in [-0.4, -0.2) is 43.4 Å². The van der Waals surface area contributed by atoms with E-state index >= 15 is 0 Å². The number of hydrogen-bond acceptors (Lipinski definition) is 5. The van der Waals surface area contributed by atoms with Crippen LogP contribution in [-0.2, 0) is 10.3 Å². The summed E-state index contributed by atoms with van der Waals surface area (Å²) in [6.45, 7) is 1.27. The molecular formula is C20H20N2O5. The van der Waals surface area contributed by atoms with Gasteiger partial charge in [-0.2, -0.15) is 0 Å². The van der Waals surface area contributed by atoms with Crippen molar-refractivity contribution in [1.29, 1.82) is 0 Å². The lowest BCUT2D eigenvalue weighted by Gasteiger charge is -2.22. The highest BCUT2D eigenvalue weighted by Crippen LogP contribution is 2.30. The molecule has 27 heavy (non-hydrogen) atoms. The molecule has 0 unspecified atom stereocenters. The molecule has 1 heterocycles. The van der Waals surface area contributed by atoms with Gasteiger partial charge in [-0.05, 0) is 30.7 Å². The third-order valence-corrected chi connectivity index (χ3v) is 4.63. The number of Topliss-reactive ketones (excluding diaryl/α,β-unsaturated/α-hetero) is 1. The SMILES string of the molecule is COc1ccc(C(=O)CN2C(=O)N[C@](C)(c3ccccc3)C2=O)cc1OC. The molecule has 0 radical (unpaired) electrons. The van der Waals surface area contributed by atoms with Gasteiger partial charge in [0.2, 0.25) is 0 Å². The van der Waals surface area contributed by atoms with Crippen LogP contribution in [0.1, 0.15) is 22.8 Å². The van der Waals surface area contributed by atoms with E-state index in [0.29, 0.717) is 22.6 Å². The fourth-order valence-corrected chi connectivity index (χ4v) is 3.05. The number of carbonyl (C=O) groups is 3. The van der Waals surface area contributed by atoms with Crippen molar-refractivity contribution < 1.29 is 23.9 Å². The molecule has 7 heteroatoms. The zero-order valence-electron chi connectivity index (χ0n) is 15.3. The molecule has 2 aromatic rings. The van der Waals surface area contributed by atoms with Crippen molar-refractivity contribution in [2.75, 3.05) is 20.8 Å². The summed E-state index contributed by atoms with van der Waals surface area (Å²) in [5.74, 6) is 0.0414. The van der Waals surface area contributed by atoms with Crippen molar-refractivity contribution in [2.24, 2.45) is 0 Å². The van der Waals surface area contributed by atoms with Gasteiger partial charge < -0.3 is 14.8 Å². The van der Waals surface area contributed by atoms with Crippen LogP contribution in [0.2, 0.25) is 0 Å². The molecule has 1 atom stereocenters. The predicted octanol–water partition coefficient (Wildman–Crippen LogP) is 2.35. The van der Waals surface area contributed by atoms with E-state index in [0.717, 1.165) is 4.90 Å². The lowest BCUT2D eigenvalue weighted by Crippen LogP contribution is -2.41. The molecule has 0 bridgehead atoms. The number of ether oxygens (including phenoxy) is 2. The van der Waals surface area contributed by atoms with Crippen molar-refractivity contribution in [1.82, 2.24) is 10.2 Å². The Bertz CT molecular complexity index is 897. The Balaban J connectivity index is 1.83. The van der Waals surface area contributed by atoms with E-state index in [1.54, 1.807) is 43.3 Å². The van der Waals surface area contributed by atoms with Gasteiger partial charge in [0.1, 0.15) is 5.54 Å². The number of nitrogens with zero attached hydrogens (tertiary/aromatic N) is 1. The van der Waals surface area contributed by atoms with Gasteiger partial charge in [0.15, 0.2) is 17.3 Å². The molecule has 3 rings (SSSR count). The fourth-order valence-electron chi connectivity index (χ4n) is 3.05. The number of ketones is 1. The topological polar surface area (TPSA) is 84.9 Å². The molecule has 3 amide bonds. The van der Waals surface area contributed by atoms with Crippen LogP contribution in [0.15, 0.2) is 48.5 Å². The summed E-state index contributed by atoms with van der Waals surface area (Å²) in [6, 6.07) is 13.0. The number of methoxy groups -OCH3 is 2. The maximum atomic E-state index is 12.9. The maximum Gasteiger partial charge on any atom is 0.325 e. The van der Waals surface area contributed by atoms with Gasteiger partial charge in [-0.25, -0.2) is 4.79 Å². The number of imide groups is 1. The number of hydrogen-bond donors (Lipinski definition) is 1. The molecule has 0 aromatic heterocycles. The van der Waals surface area contributed by atoms with Crippen molar-refractivity contribution in [3.63, 3.8) is 0 Å². The summed E-state index contributed by atoms with van der Waals surface area (Å²) >= 11 is 0. The molecule has 1 aliphatic rings. The Hall–Kier alpha value is -3.35. The highest BCUT2D eigenvalue weighted by Gasteiger charge is 2.49. The lowest BCUT2D eigenvalue weighted by molar-refractivity contribution is -0.130. The second-order valence-electron chi connectivity index (χ2n) is 6.31. The van der Waals surface area contributed by atoms with Crippen LogP contribution in [0.25, 0.3) is 0 Å². The average Bonchev–Trinajstić information content (AvgIpc) is 2.92. The van der Waals surface area contributed by atoms with E-state index < -0.39 is 17.5 Å². The summed E-state index contributed by atoms with van der Waals surface area (Å²) in [7, 11) is 2.96. The van der Waals surface area contributed by atoms with Crippen LogP contribution in [0, 0.1) is 0 Å². The number of urea groups is 1. The molecular weight excluding hydrogens is 348 g/mol. The Morgan fingerprint density at radius 1 is 1.04 bits per heavy atom. The largest absolute Gasteiger partial charge is 0.493 e. The summed E-state index contributed by atoms with van der Waals surface area (Å²) in [6.07, 6.45) is 0. The summed E-state index contributed by atoms with van der Waals surface area (Å²) < 4.78 is 10.3. The Kier molecular flexibility index (Phi) is 4.85. The quantitative estimate of drug-likeness (QED) is 0.625. The van der Waals surface area contributed by atoms with Gasteiger partial charge >= 0.3 is 6.03 Å². The van der Waals surface area contributed by atoms with E-state index in [1.807, 2.05) is 6.07 Å².